The van der Waals surface area contributed by atoms with Crippen molar-refractivity contribution in [3.63, 3.8) is 0 Å². The molecule has 0 bridgehead atoms. The monoisotopic (exact) mass is 567 g/mol. The zero-order valence-corrected chi connectivity index (χ0v) is 23.6. The van der Waals surface area contributed by atoms with Crippen LogP contribution in [0.3, 0.4) is 0 Å². The molecule has 1 saturated heterocycles. The Labute approximate surface area is 235 Å². The number of thiocarbonyl (C=S) groups is 1. The van der Waals surface area contributed by atoms with E-state index in [1.54, 1.807) is 12.0 Å². The highest BCUT2D eigenvalue weighted by molar-refractivity contribution is 8.26. The quantitative estimate of drug-likeness (QED) is 0.229. The van der Waals surface area contributed by atoms with Gasteiger partial charge in [-0.15, -0.1) is 0 Å². The number of nitrogens with one attached hydrogen (secondary N) is 1. The minimum atomic E-state index is -0.145. The van der Waals surface area contributed by atoms with Gasteiger partial charge >= 0.3 is 0 Å². The van der Waals surface area contributed by atoms with Crippen LogP contribution in [-0.2, 0) is 9.59 Å². The molecule has 2 aromatic carbocycles. The average molecular weight is 568 g/mol. The first kappa shape index (κ1) is 26.6. The molecule has 2 heterocycles. The topological polar surface area (TPSA) is 80.8 Å². The molecule has 5 rings (SSSR count). The van der Waals surface area contributed by atoms with E-state index in [-0.39, 0.29) is 24.3 Å². The number of anilines is 1. The molecule has 7 nitrogen and oxygen atoms in total. The van der Waals surface area contributed by atoms with E-state index >= 15 is 0 Å². The summed E-state index contributed by atoms with van der Waals surface area (Å²) in [5, 5.41) is 3.43. The summed E-state index contributed by atoms with van der Waals surface area (Å²) < 4.78 is 13.3. The Hall–Kier alpha value is -2.95. The molecule has 0 radical (unpaired) electrons. The molecule has 3 aromatic rings. The summed E-state index contributed by atoms with van der Waals surface area (Å²) in [7, 11) is 1.62. The average Bonchev–Trinajstić information content (AvgIpc) is 3.45. The number of hydrogen-bond donors (Lipinski definition) is 1. The number of amides is 2. The summed E-state index contributed by atoms with van der Waals surface area (Å²) in [6, 6.07) is 13.5. The maximum Gasteiger partial charge on any atom is 0.266 e. The zero-order valence-electron chi connectivity index (χ0n) is 21.1. The molecule has 1 N–H and O–H groups in total. The number of hydrogen-bond acceptors (Lipinski definition) is 8. The fourth-order valence-corrected chi connectivity index (χ4v) is 6.77. The van der Waals surface area contributed by atoms with E-state index < -0.39 is 0 Å². The molecule has 1 aliphatic heterocycles. The van der Waals surface area contributed by atoms with Crippen LogP contribution in [0.5, 0.6) is 11.5 Å². The second-order valence-corrected chi connectivity index (χ2v) is 12.0. The van der Waals surface area contributed by atoms with Crippen molar-refractivity contribution in [2.45, 2.75) is 51.0 Å². The molecule has 2 amide bonds. The molecule has 0 spiro atoms. The number of thioether (sulfide) groups is 1. The lowest BCUT2D eigenvalue weighted by Gasteiger charge is -2.24. The predicted octanol–water partition coefficient (Wildman–Crippen LogP) is 6.64. The largest absolute Gasteiger partial charge is 0.493 e. The fraction of sp³-hybridized carbons (Fsp3) is 0.357. The number of fused-ring (bicyclic) bond motifs is 1. The van der Waals surface area contributed by atoms with Crippen molar-refractivity contribution < 1.29 is 19.1 Å². The van der Waals surface area contributed by atoms with Gasteiger partial charge in [0.25, 0.3) is 5.91 Å². The Bertz CT molecular complexity index is 1350. The van der Waals surface area contributed by atoms with E-state index in [1.807, 2.05) is 48.5 Å². The van der Waals surface area contributed by atoms with E-state index in [0.29, 0.717) is 33.1 Å². The van der Waals surface area contributed by atoms with Gasteiger partial charge in [-0.2, -0.15) is 0 Å². The van der Waals surface area contributed by atoms with Gasteiger partial charge in [-0.05, 0) is 68.0 Å². The van der Waals surface area contributed by atoms with Gasteiger partial charge in [-0.25, -0.2) is 4.98 Å². The molecule has 38 heavy (non-hydrogen) atoms. The standard InChI is InChI=1S/C28H29N3O4S3/c1-34-22-16-18(13-14-21(22)35-19-8-3-2-4-9-19)17-24-26(33)31(28(36)38-24)15-7-12-25(32)30-27-29-20-10-5-6-11-23(20)37-27/h5-6,10-11,13-14,16-17,19H,2-4,7-9,12,15H2,1H3,(H,29,30,32)/b24-17-. The van der Waals surface area contributed by atoms with Crippen LogP contribution in [0, 0.1) is 0 Å². The van der Waals surface area contributed by atoms with E-state index in [1.165, 1.54) is 42.4 Å². The third kappa shape index (κ3) is 6.36. The van der Waals surface area contributed by atoms with Crippen molar-refractivity contribution in [2.24, 2.45) is 0 Å². The van der Waals surface area contributed by atoms with Gasteiger partial charge < -0.3 is 14.8 Å². The summed E-state index contributed by atoms with van der Waals surface area (Å²) in [5.41, 5.74) is 1.70. The summed E-state index contributed by atoms with van der Waals surface area (Å²) in [5.74, 6) is 1.10. The Morgan fingerprint density at radius 2 is 2.00 bits per heavy atom. The Morgan fingerprint density at radius 1 is 1.18 bits per heavy atom. The Kier molecular flexibility index (Phi) is 8.61. The first-order valence-electron chi connectivity index (χ1n) is 12.8. The maximum atomic E-state index is 13.1. The minimum Gasteiger partial charge on any atom is -0.493 e. The van der Waals surface area contributed by atoms with Crippen LogP contribution in [0.25, 0.3) is 16.3 Å². The molecule has 1 aliphatic carbocycles. The van der Waals surface area contributed by atoms with Gasteiger partial charge in [0.15, 0.2) is 16.6 Å². The number of methoxy groups -OCH3 is 1. The maximum absolute atomic E-state index is 13.1. The van der Waals surface area contributed by atoms with Gasteiger partial charge in [0, 0.05) is 13.0 Å². The number of nitrogens with zero attached hydrogens (tertiary/aromatic N) is 2. The van der Waals surface area contributed by atoms with Gasteiger partial charge in [-0.1, -0.05) is 59.9 Å². The second kappa shape index (κ2) is 12.3. The van der Waals surface area contributed by atoms with E-state index in [2.05, 4.69) is 10.3 Å². The normalized spacial score (nSPS) is 17.4. The van der Waals surface area contributed by atoms with Crippen LogP contribution in [0.4, 0.5) is 5.13 Å². The van der Waals surface area contributed by atoms with Crippen LogP contribution in [0.2, 0.25) is 0 Å². The number of aromatic nitrogens is 1. The summed E-state index contributed by atoms with van der Waals surface area (Å²) >= 11 is 8.18. The molecular weight excluding hydrogens is 539 g/mol. The van der Waals surface area contributed by atoms with Gasteiger partial charge in [0.1, 0.15) is 4.32 Å². The summed E-state index contributed by atoms with van der Waals surface area (Å²) in [6.45, 7) is 0.382. The lowest BCUT2D eigenvalue weighted by atomic mass is 9.98. The lowest BCUT2D eigenvalue weighted by Crippen LogP contribution is -2.29. The SMILES string of the molecule is COc1cc(/C=C2\SC(=S)N(CCCC(=O)Nc3nc4ccccc4s3)C2=O)ccc1OC1CCCCC1. The van der Waals surface area contributed by atoms with Crippen LogP contribution in [-0.4, -0.2) is 45.8 Å². The van der Waals surface area contributed by atoms with E-state index in [0.717, 1.165) is 34.4 Å². The van der Waals surface area contributed by atoms with Gasteiger partial charge in [0.05, 0.1) is 28.3 Å². The van der Waals surface area contributed by atoms with Crippen molar-refractivity contribution in [1.29, 1.82) is 0 Å². The Morgan fingerprint density at radius 3 is 2.79 bits per heavy atom. The van der Waals surface area contributed by atoms with E-state index in [4.69, 9.17) is 21.7 Å². The van der Waals surface area contributed by atoms with E-state index in [9.17, 15) is 9.59 Å². The molecule has 0 atom stereocenters. The molecule has 10 heteroatoms. The third-order valence-corrected chi connectivity index (χ3v) is 8.86. The molecule has 1 saturated carbocycles. The number of thiazole rings is 1. The van der Waals surface area contributed by atoms with Crippen LogP contribution < -0.4 is 14.8 Å². The highest BCUT2D eigenvalue weighted by Gasteiger charge is 2.31. The van der Waals surface area contributed by atoms with Crippen LogP contribution in [0.15, 0.2) is 47.4 Å². The Balaban J connectivity index is 1.16. The molecule has 0 unspecified atom stereocenters. The first-order valence-corrected chi connectivity index (χ1v) is 14.8. The fourth-order valence-electron chi connectivity index (χ4n) is 4.58. The zero-order chi connectivity index (χ0) is 26.5. The highest BCUT2D eigenvalue weighted by atomic mass is 32.2. The number of benzene rings is 2. The smallest absolute Gasteiger partial charge is 0.266 e. The van der Waals surface area contributed by atoms with Gasteiger partial charge in [0.2, 0.25) is 5.91 Å². The predicted molar refractivity (Wildman–Crippen MR) is 158 cm³/mol. The molecule has 2 aliphatic rings. The van der Waals surface area contributed by atoms with Crippen LogP contribution in [0.1, 0.15) is 50.5 Å². The number of para-hydroxylation sites is 1. The second-order valence-electron chi connectivity index (χ2n) is 9.26. The summed E-state index contributed by atoms with van der Waals surface area (Å²) in [4.78, 5) is 32.0. The minimum absolute atomic E-state index is 0.132. The van der Waals surface area contributed by atoms with Crippen molar-refractivity contribution >= 4 is 72.9 Å². The molecule has 198 valence electrons. The number of carbonyl (C=O) groups is 2. The highest BCUT2D eigenvalue weighted by Crippen LogP contribution is 2.36. The van der Waals surface area contributed by atoms with Crippen molar-refractivity contribution in [3.8, 4) is 11.5 Å². The van der Waals surface area contributed by atoms with Gasteiger partial charge in [-0.3, -0.25) is 14.5 Å². The lowest BCUT2D eigenvalue weighted by molar-refractivity contribution is -0.122. The van der Waals surface area contributed by atoms with Crippen LogP contribution >= 0.6 is 35.3 Å². The summed E-state index contributed by atoms with van der Waals surface area (Å²) in [6.07, 6.45) is 8.61. The van der Waals surface area contributed by atoms with Crippen molar-refractivity contribution in [1.82, 2.24) is 9.88 Å². The third-order valence-electron chi connectivity index (χ3n) is 6.53. The molecular formula is C28H29N3O4S3. The van der Waals surface area contributed by atoms with Crippen molar-refractivity contribution in [2.75, 3.05) is 19.0 Å². The first-order chi connectivity index (χ1) is 18.5. The number of carbonyl (C=O) groups excluding carboxylic acids is 2. The van der Waals surface area contributed by atoms with Crippen molar-refractivity contribution in [3.05, 3.63) is 52.9 Å². The molecule has 2 fully saturated rings. The number of ether oxygens (including phenoxy) is 2. The number of rotatable bonds is 9. The molecule has 1 aromatic heterocycles.